The quantitative estimate of drug-likeness (QED) is 0.754. The van der Waals surface area contributed by atoms with Crippen molar-refractivity contribution in [3.8, 4) is 0 Å². The minimum Gasteiger partial charge on any atom is -0.465 e. The molecule has 0 aliphatic carbocycles. The molecule has 0 radical (unpaired) electrons. The Balaban J connectivity index is 2.91. The van der Waals surface area contributed by atoms with E-state index in [0.29, 0.717) is 6.61 Å². The molecule has 0 unspecified atom stereocenters. The van der Waals surface area contributed by atoms with E-state index in [2.05, 4.69) is 5.32 Å². The lowest BCUT2D eigenvalue weighted by Crippen LogP contribution is -2.46. The molecule has 0 spiro atoms. The summed E-state index contributed by atoms with van der Waals surface area (Å²) < 4.78 is 4.99. The number of hydrogen-bond acceptors (Lipinski definition) is 5. The molecule has 0 aromatic heterocycles. The van der Waals surface area contributed by atoms with Gasteiger partial charge in [0.2, 0.25) is 0 Å². The first kappa shape index (κ1) is 20.7. The Hall–Kier alpha value is -1.33. The largest absolute Gasteiger partial charge is 0.465 e. The SMILES string of the molecule is CCOC(=O)[C@@H](N[C@H](C)c1ccccc1)[C@H](C)C(=O)SC(C)(C)C. The Kier molecular flexibility index (Phi) is 7.97. The second kappa shape index (κ2) is 9.23. The van der Waals surface area contributed by atoms with Crippen molar-refractivity contribution < 1.29 is 14.3 Å². The van der Waals surface area contributed by atoms with E-state index in [1.807, 2.05) is 58.0 Å². The Morgan fingerprint density at radius 3 is 2.25 bits per heavy atom. The van der Waals surface area contributed by atoms with Gasteiger partial charge in [-0.15, -0.1) is 0 Å². The lowest BCUT2D eigenvalue weighted by Gasteiger charge is -2.28. The van der Waals surface area contributed by atoms with Gasteiger partial charge in [0.1, 0.15) is 6.04 Å². The zero-order valence-electron chi connectivity index (χ0n) is 15.5. The highest BCUT2D eigenvalue weighted by Gasteiger charge is 2.34. The molecule has 1 aromatic carbocycles. The average molecular weight is 352 g/mol. The molecule has 0 fully saturated rings. The predicted octanol–water partition coefficient (Wildman–Crippen LogP) is 3.96. The van der Waals surface area contributed by atoms with Gasteiger partial charge in [0.25, 0.3) is 0 Å². The van der Waals surface area contributed by atoms with E-state index in [4.69, 9.17) is 4.74 Å². The summed E-state index contributed by atoms with van der Waals surface area (Å²) in [7, 11) is 0. The van der Waals surface area contributed by atoms with E-state index in [9.17, 15) is 9.59 Å². The zero-order chi connectivity index (χ0) is 18.3. The number of nitrogens with one attached hydrogen (secondary N) is 1. The number of benzene rings is 1. The van der Waals surface area contributed by atoms with Crippen LogP contribution in [0.3, 0.4) is 0 Å². The van der Waals surface area contributed by atoms with Gasteiger partial charge in [0, 0.05) is 10.8 Å². The summed E-state index contributed by atoms with van der Waals surface area (Å²) in [5.41, 5.74) is 1.06. The van der Waals surface area contributed by atoms with Crippen LogP contribution in [0.5, 0.6) is 0 Å². The lowest BCUT2D eigenvalue weighted by atomic mass is 10.0. The third kappa shape index (κ3) is 6.65. The molecule has 24 heavy (non-hydrogen) atoms. The van der Waals surface area contributed by atoms with Crippen LogP contribution in [0.4, 0.5) is 0 Å². The maximum absolute atomic E-state index is 12.5. The fraction of sp³-hybridized carbons (Fsp3) is 0.579. The van der Waals surface area contributed by atoms with Gasteiger partial charge in [0.15, 0.2) is 5.12 Å². The van der Waals surface area contributed by atoms with E-state index in [-0.39, 0.29) is 21.9 Å². The molecule has 3 atom stereocenters. The van der Waals surface area contributed by atoms with Crippen molar-refractivity contribution in [3.63, 3.8) is 0 Å². The van der Waals surface area contributed by atoms with Crippen LogP contribution in [0.15, 0.2) is 30.3 Å². The van der Waals surface area contributed by atoms with Gasteiger partial charge in [-0.25, -0.2) is 0 Å². The maximum atomic E-state index is 12.5. The number of rotatable bonds is 7. The second-order valence-electron chi connectivity index (χ2n) is 6.85. The third-order valence-corrected chi connectivity index (χ3v) is 4.73. The van der Waals surface area contributed by atoms with Gasteiger partial charge in [-0.1, -0.05) is 69.8 Å². The molecule has 5 heteroatoms. The molecule has 1 aromatic rings. The molecular formula is C19H29NO3S. The summed E-state index contributed by atoms with van der Waals surface area (Å²) in [5.74, 6) is -0.852. The minimum absolute atomic E-state index is 0.00619. The first-order valence-corrected chi connectivity index (χ1v) is 9.17. The molecule has 0 bridgehead atoms. The summed E-state index contributed by atoms with van der Waals surface area (Å²) in [5, 5.41) is 3.27. The van der Waals surface area contributed by atoms with Crippen molar-refractivity contribution in [2.24, 2.45) is 5.92 Å². The third-order valence-electron chi connectivity index (χ3n) is 3.55. The standard InChI is InChI=1S/C19H29NO3S/c1-7-23-17(21)16(13(2)18(22)24-19(4,5)6)20-14(3)15-11-9-8-10-12-15/h8-14,16,20H,7H2,1-6H3/t13-,14+,16-/m0/s1. The molecule has 0 saturated heterocycles. The smallest absolute Gasteiger partial charge is 0.323 e. The topological polar surface area (TPSA) is 55.4 Å². The fourth-order valence-corrected chi connectivity index (χ4v) is 3.21. The van der Waals surface area contributed by atoms with Crippen LogP contribution in [-0.4, -0.2) is 28.5 Å². The summed E-state index contributed by atoms with van der Waals surface area (Å²) in [6, 6.07) is 9.13. The van der Waals surface area contributed by atoms with Crippen molar-refractivity contribution in [3.05, 3.63) is 35.9 Å². The zero-order valence-corrected chi connectivity index (χ0v) is 16.3. The summed E-state index contributed by atoms with van der Waals surface area (Å²) in [4.78, 5) is 24.9. The molecule has 1 N–H and O–H groups in total. The Morgan fingerprint density at radius 2 is 1.75 bits per heavy atom. The number of thioether (sulfide) groups is 1. The molecule has 0 saturated carbocycles. The Bertz CT molecular complexity index is 539. The van der Waals surface area contributed by atoms with Crippen molar-refractivity contribution in [1.82, 2.24) is 5.32 Å². The normalized spacial score (nSPS) is 15.4. The predicted molar refractivity (Wildman–Crippen MR) is 99.9 cm³/mol. The number of carbonyl (C=O) groups is 2. The number of ether oxygens (including phenoxy) is 1. The molecule has 4 nitrogen and oxygen atoms in total. The number of carbonyl (C=O) groups excluding carboxylic acids is 2. The summed E-state index contributed by atoms with van der Waals surface area (Å²) in [6.45, 7) is 11.8. The number of esters is 1. The molecule has 0 aliphatic rings. The maximum Gasteiger partial charge on any atom is 0.323 e. The number of hydrogen-bond donors (Lipinski definition) is 1. The molecule has 1 rings (SSSR count). The first-order chi connectivity index (χ1) is 11.2. The van der Waals surface area contributed by atoms with Gasteiger partial charge in [-0.05, 0) is 19.4 Å². The van der Waals surface area contributed by atoms with Crippen LogP contribution in [-0.2, 0) is 14.3 Å². The minimum atomic E-state index is -0.664. The average Bonchev–Trinajstić information content (AvgIpc) is 2.51. The van der Waals surface area contributed by atoms with Crippen LogP contribution in [0.25, 0.3) is 0 Å². The van der Waals surface area contributed by atoms with Crippen LogP contribution in [0.2, 0.25) is 0 Å². The first-order valence-electron chi connectivity index (χ1n) is 8.36. The highest BCUT2D eigenvalue weighted by molar-refractivity contribution is 8.14. The van der Waals surface area contributed by atoms with Gasteiger partial charge in [-0.3, -0.25) is 14.9 Å². The van der Waals surface area contributed by atoms with Crippen molar-refractivity contribution in [2.45, 2.75) is 58.4 Å². The highest BCUT2D eigenvalue weighted by Crippen LogP contribution is 2.29. The van der Waals surface area contributed by atoms with Gasteiger partial charge in [0.05, 0.1) is 12.5 Å². The van der Waals surface area contributed by atoms with Crippen molar-refractivity contribution >= 4 is 22.8 Å². The van der Waals surface area contributed by atoms with Crippen LogP contribution in [0, 0.1) is 5.92 Å². The monoisotopic (exact) mass is 351 g/mol. The molecule has 0 heterocycles. The Labute approximate surface area is 149 Å². The van der Waals surface area contributed by atoms with E-state index >= 15 is 0 Å². The van der Waals surface area contributed by atoms with E-state index in [0.717, 1.165) is 5.56 Å². The summed E-state index contributed by atoms with van der Waals surface area (Å²) in [6.07, 6.45) is 0. The molecule has 0 amide bonds. The van der Waals surface area contributed by atoms with Gasteiger partial charge < -0.3 is 4.74 Å². The van der Waals surface area contributed by atoms with Gasteiger partial charge >= 0.3 is 5.97 Å². The Morgan fingerprint density at radius 1 is 1.17 bits per heavy atom. The van der Waals surface area contributed by atoms with Crippen LogP contribution >= 0.6 is 11.8 Å². The molecular weight excluding hydrogens is 322 g/mol. The van der Waals surface area contributed by atoms with Crippen LogP contribution in [0.1, 0.15) is 53.1 Å². The second-order valence-corrected chi connectivity index (χ2v) is 8.68. The van der Waals surface area contributed by atoms with Crippen molar-refractivity contribution in [2.75, 3.05) is 6.61 Å². The highest BCUT2D eigenvalue weighted by atomic mass is 32.2. The van der Waals surface area contributed by atoms with E-state index in [1.165, 1.54) is 11.8 Å². The lowest BCUT2D eigenvalue weighted by molar-refractivity contribution is -0.148. The molecule has 134 valence electrons. The fourth-order valence-electron chi connectivity index (χ4n) is 2.29. The van der Waals surface area contributed by atoms with Crippen LogP contribution < -0.4 is 5.32 Å². The summed E-state index contributed by atoms with van der Waals surface area (Å²) >= 11 is 1.26. The van der Waals surface area contributed by atoms with E-state index in [1.54, 1.807) is 13.8 Å². The van der Waals surface area contributed by atoms with E-state index < -0.39 is 12.0 Å². The molecule has 0 aliphatic heterocycles. The van der Waals surface area contributed by atoms with Gasteiger partial charge in [-0.2, -0.15) is 0 Å². The van der Waals surface area contributed by atoms with Crippen molar-refractivity contribution in [1.29, 1.82) is 0 Å².